The van der Waals surface area contributed by atoms with Gasteiger partial charge in [-0.15, -0.1) is 0 Å². The van der Waals surface area contributed by atoms with Crippen molar-refractivity contribution in [2.45, 2.75) is 20.4 Å². The summed E-state index contributed by atoms with van der Waals surface area (Å²) in [6, 6.07) is 9.95. The van der Waals surface area contributed by atoms with Crippen molar-refractivity contribution < 1.29 is 4.79 Å². The van der Waals surface area contributed by atoms with Crippen LogP contribution in [-0.2, 0) is 11.3 Å². The van der Waals surface area contributed by atoms with Gasteiger partial charge < -0.3 is 4.90 Å². The van der Waals surface area contributed by atoms with E-state index in [0.29, 0.717) is 6.54 Å². The number of carbonyl (C=O) groups is 1. The van der Waals surface area contributed by atoms with E-state index in [-0.39, 0.29) is 5.91 Å². The van der Waals surface area contributed by atoms with Crippen molar-refractivity contribution in [2.75, 3.05) is 0 Å². The zero-order valence-corrected chi connectivity index (χ0v) is 8.60. The molecule has 1 rings (SSSR count). The second-order valence-corrected chi connectivity index (χ2v) is 3.11. The number of hydrogen-bond donors (Lipinski definition) is 0. The lowest BCUT2D eigenvalue weighted by molar-refractivity contribution is -0.126. The van der Waals surface area contributed by atoms with Crippen LogP contribution in [0.2, 0.25) is 0 Å². The zero-order valence-electron chi connectivity index (χ0n) is 8.60. The standard InChI is InChI=1S/C12H15NO/c1-3-9-13(11(2)14)10-12-7-5-4-6-8-12/h3-9H,10H2,1-2H3/b9-3+. The van der Waals surface area contributed by atoms with Crippen LogP contribution in [-0.4, -0.2) is 10.8 Å². The first kappa shape index (κ1) is 10.5. The first-order chi connectivity index (χ1) is 6.74. The lowest BCUT2D eigenvalue weighted by atomic mass is 10.2. The summed E-state index contributed by atoms with van der Waals surface area (Å²) < 4.78 is 0. The minimum atomic E-state index is 0.0620. The minimum Gasteiger partial charge on any atom is -0.315 e. The molecule has 1 aromatic carbocycles. The molecule has 1 amide bonds. The van der Waals surface area contributed by atoms with Crippen molar-refractivity contribution in [1.29, 1.82) is 0 Å². The van der Waals surface area contributed by atoms with Crippen LogP contribution in [0.15, 0.2) is 42.6 Å². The number of rotatable bonds is 3. The highest BCUT2D eigenvalue weighted by Gasteiger charge is 2.04. The normalized spacial score (nSPS) is 10.4. The molecule has 0 aliphatic carbocycles. The second kappa shape index (κ2) is 5.22. The van der Waals surface area contributed by atoms with Gasteiger partial charge in [-0.1, -0.05) is 36.4 Å². The Hall–Kier alpha value is -1.57. The molecule has 0 atom stereocenters. The van der Waals surface area contributed by atoms with Gasteiger partial charge in [-0.05, 0) is 12.5 Å². The molecule has 0 unspecified atom stereocenters. The maximum Gasteiger partial charge on any atom is 0.223 e. The van der Waals surface area contributed by atoms with Crippen molar-refractivity contribution in [3.8, 4) is 0 Å². The van der Waals surface area contributed by atoms with Crippen LogP contribution >= 0.6 is 0 Å². The monoisotopic (exact) mass is 189 g/mol. The smallest absolute Gasteiger partial charge is 0.223 e. The van der Waals surface area contributed by atoms with Crippen LogP contribution in [0.4, 0.5) is 0 Å². The van der Waals surface area contributed by atoms with Gasteiger partial charge in [-0.3, -0.25) is 4.79 Å². The van der Waals surface area contributed by atoms with E-state index in [1.807, 2.05) is 43.3 Å². The Kier molecular flexibility index (Phi) is 3.92. The van der Waals surface area contributed by atoms with Crippen LogP contribution in [0, 0.1) is 0 Å². The molecule has 2 nitrogen and oxygen atoms in total. The van der Waals surface area contributed by atoms with E-state index in [9.17, 15) is 4.79 Å². The lowest BCUT2D eigenvalue weighted by Crippen LogP contribution is -2.21. The van der Waals surface area contributed by atoms with Gasteiger partial charge in [-0.2, -0.15) is 0 Å². The molecule has 0 aromatic heterocycles. The first-order valence-corrected chi connectivity index (χ1v) is 4.68. The number of nitrogens with zero attached hydrogens (tertiary/aromatic N) is 1. The maximum absolute atomic E-state index is 11.2. The zero-order chi connectivity index (χ0) is 10.4. The van der Waals surface area contributed by atoms with E-state index in [4.69, 9.17) is 0 Å². The molecule has 0 N–H and O–H groups in total. The fourth-order valence-corrected chi connectivity index (χ4v) is 1.23. The Morgan fingerprint density at radius 2 is 2.00 bits per heavy atom. The van der Waals surface area contributed by atoms with Crippen LogP contribution < -0.4 is 0 Å². The predicted octanol–water partition coefficient (Wildman–Crippen LogP) is 2.57. The van der Waals surface area contributed by atoms with Gasteiger partial charge in [0.05, 0.1) is 6.54 Å². The van der Waals surface area contributed by atoms with E-state index < -0.39 is 0 Å². The molecule has 2 heteroatoms. The molecule has 1 aromatic rings. The molecule has 0 aliphatic rings. The van der Waals surface area contributed by atoms with Crippen LogP contribution in [0.1, 0.15) is 19.4 Å². The van der Waals surface area contributed by atoms with Crippen LogP contribution in [0.3, 0.4) is 0 Å². The summed E-state index contributed by atoms with van der Waals surface area (Å²) in [4.78, 5) is 12.9. The Morgan fingerprint density at radius 3 is 2.50 bits per heavy atom. The largest absolute Gasteiger partial charge is 0.315 e. The third-order valence-corrected chi connectivity index (χ3v) is 1.93. The van der Waals surface area contributed by atoms with Crippen molar-refractivity contribution >= 4 is 5.91 Å². The van der Waals surface area contributed by atoms with E-state index >= 15 is 0 Å². The van der Waals surface area contributed by atoms with E-state index in [1.54, 1.807) is 18.0 Å². The Morgan fingerprint density at radius 1 is 1.36 bits per heavy atom. The van der Waals surface area contributed by atoms with E-state index in [0.717, 1.165) is 5.56 Å². The molecule has 0 radical (unpaired) electrons. The minimum absolute atomic E-state index is 0.0620. The Balaban J connectivity index is 2.70. The van der Waals surface area contributed by atoms with E-state index in [1.165, 1.54) is 0 Å². The lowest BCUT2D eigenvalue weighted by Gasteiger charge is -2.15. The highest BCUT2D eigenvalue weighted by Crippen LogP contribution is 2.04. The summed E-state index contributed by atoms with van der Waals surface area (Å²) in [6.45, 7) is 4.12. The molecule has 0 spiro atoms. The van der Waals surface area contributed by atoms with Gasteiger partial charge in [0, 0.05) is 13.1 Å². The number of benzene rings is 1. The summed E-state index contributed by atoms with van der Waals surface area (Å²) in [5.41, 5.74) is 1.14. The van der Waals surface area contributed by atoms with Crippen molar-refractivity contribution in [1.82, 2.24) is 4.90 Å². The van der Waals surface area contributed by atoms with Crippen LogP contribution in [0.5, 0.6) is 0 Å². The molecule has 74 valence electrons. The highest BCUT2D eigenvalue weighted by atomic mass is 16.2. The average molecular weight is 189 g/mol. The SMILES string of the molecule is C/C=C/N(Cc1ccccc1)C(C)=O. The quantitative estimate of drug-likeness (QED) is 0.715. The molecule has 0 saturated heterocycles. The number of amides is 1. The highest BCUT2D eigenvalue weighted by molar-refractivity contribution is 5.74. The summed E-state index contributed by atoms with van der Waals surface area (Å²) in [5.74, 6) is 0.0620. The van der Waals surface area contributed by atoms with Gasteiger partial charge >= 0.3 is 0 Å². The average Bonchev–Trinajstić information content (AvgIpc) is 2.18. The summed E-state index contributed by atoms with van der Waals surface area (Å²) in [5, 5.41) is 0. The van der Waals surface area contributed by atoms with Gasteiger partial charge in [-0.25, -0.2) is 0 Å². The molecule has 0 bridgehead atoms. The summed E-state index contributed by atoms with van der Waals surface area (Å²) >= 11 is 0. The molecule has 0 heterocycles. The number of hydrogen-bond acceptors (Lipinski definition) is 1. The summed E-state index contributed by atoms with van der Waals surface area (Å²) in [6.07, 6.45) is 3.67. The predicted molar refractivity (Wildman–Crippen MR) is 57.5 cm³/mol. The van der Waals surface area contributed by atoms with Gasteiger partial charge in [0.1, 0.15) is 0 Å². The maximum atomic E-state index is 11.2. The molecule has 14 heavy (non-hydrogen) atoms. The van der Waals surface area contributed by atoms with Gasteiger partial charge in [0.25, 0.3) is 0 Å². The molecular formula is C12H15NO. The summed E-state index contributed by atoms with van der Waals surface area (Å²) in [7, 11) is 0. The number of allylic oxidation sites excluding steroid dienone is 1. The fourth-order valence-electron chi connectivity index (χ4n) is 1.23. The van der Waals surface area contributed by atoms with Gasteiger partial charge in [0.2, 0.25) is 5.91 Å². The van der Waals surface area contributed by atoms with Crippen molar-refractivity contribution in [3.05, 3.63) is 48.2 Å². The van der Waals surface area contributed by atoms with Gasteiger partial charge in [0.15, 0.2) is 0 Å². The topological polar surface area (TPSA) is 20.3 Å². The molecule has 0 fully saturated rings. The molecule has 0 saturated carbocycles. The Bertz CT molecular complexity index is 316. The van der Waals surface area contributed by atoms with Crippen LogP contribution in [0.25, 0.3) is 0 Å². The molecular weight excluding hydrogens is 174 g/mol. The number of carbonyl (C=O) groups excluding carboxylic acids is 1. The van der Waals surface area contributed by atoms with Crippen molar-refractivity contribution in [2.24, 2.45) is 0 Å². The second-order valence-electron chi connectivity index (χ2n) is 3.11. The third kappa shape index (κ3) is 3.05. The molecule has 0 aliphatic heterocycles. The Labute approximate surface area is 84.9 Å². The van der Waals surface area contributed by atoms with E-state index in [2.05, 4.69) is 0 Å². The third-order valence-electron chi connectivity index (χ3n) is 1.93. The first-order valence-electron chi connectivity index (χ1n) is 4.68. The fraction of sp³-hybridized carbons (Fsp3) is 0.250. The van der Waals surface area contributed by atoms with Crippen molar-refractivity contribution in [3.63, 3.8) is 0 Å².